The molecule has 0 radical (unpaired) electrons. The maximum absolute atomic E-state index is 8.69. The van der Waals surface area contributed by atoms with E-state index in [9.17, 15) is 0 Å². The van der Waals surface area contributed by atoms with Crippen LogP contribution in [0.25, 0.3) is 0 Å². The molecule has 1 aliphatic rings. The van der Waals surface area contributed by atoms with Crippen molar-refractivity contribution in [1.82, 2.24) is 9.88 Å². The number of likely N-dealkylation sites (N-methyl/N-ethyl adjacent to an activating group) is 1. The van der Waals surface area contributed by atoms with Crippen LogP contribution in [0.2, 0.25) is 0 Å². The molecule has 0 saturated carbocycles. The monoisotopic (exact) mass is 386 g/mol. The number of pyridine rings is 1. The predicted octanol–water partition coefficient (Wildman–Crippen LogP) is 4.80. The molecule has 0 amide bonds. The second-order valence-electron chi connectivity index (χ2n) is 7.19. The highest BCUT2D eigenvalue weighted by atomic mass is 16.5. The topological polar surface area (TPSA) is 61.2 Å². The summed E-state index contributed by atoms with van der Waals surface area (Å²) in [6, 6.07) is 19.8. The predicted molar refractivity (Wildman–Crippen MR) is 117 cm³/mol. The van der Waals surface area contributed by atoms with Crippen LogP contribution in [0.15, 0.2) is 73.1 Å². The lowest BCUT2D eigenvalue weighted by Crippen LogP contribution is -2.50. The van der Waals surface area contributed by atoms with Gasteiger partial charge in [-0.3, -0.25) is 15.3 Å². The number of benzene rings is 2. The van der Waals surface area contributed by atoms with E-state index >= 15 is 0 Å². The third-order valence-electron chi connectivity index (χ3n) is 5.41. The van der Waals surface area contributed by atoms with Crippen molar-refractivity contribution in [2.24, 2.45) is 0 Å². The number of ether oxygens (including phenoxy) is 1. The van der Waals surface area contributed by atoms with Gasteiger partial charge in [0.15, 0.2) is 0 Å². The van der Waals surface area contributed by atoms with Crippen molar-refractivity contribution in [3.8, 4) is 11.5 Å². The van der Waals surface area contributed by atoms with E-state index in [0.717, 1.165) is 41.4 Å². The molecular weight excluding hydrogens is 360 g/mol. The van der Waals surface area contributed by atoms with Crippen molar-refractivity contribution in [3.05, 3.63) is 84.2 Å². The van der Waals surface area contributed by atoms with Gasteiger partial charge in [0.05, 0.1) is 5.71 Å². The van der Waals surface area contributed by atoms with Gasteiger partial charge in [-0.05, 0) is 55.4 Å². The Balaban J connectivity index is 1.45. The van der Waals surface area contributed by atoms with E-state index in [1.54, 1.807) is 12.4 Å². The van der Waals surface area contributed by atoms with Gasteiger partial charge in [0.2, 0.25) is 0 Å². The summed E-state index contributed by atoms with van der Waals surface area (Å²) >= 11 is 0. The first-order valence-electron chi connectivity index (χ1n) is 10.1. The van der Waals surface area contributed by atoms with E-state index in [1.807, 2.05) is 60.7 Å². The van der Waals surface area contributed by atoms with Crippen LogP contribution in [0.5, 0.6) is 11.5 Å². The molecule has 148 valence electrons. The zero-order chi connectivity index (χ0) is 20.1. The van der Waals surface area contributed by atoms with Crippen molar-refractivity contribution in [2.75, 3.05) is 25.0 Å². The Morgan fingerprint density at radius 3 is 2.55 bits per heavy atom. The maximum atomic E-state index is 8.69. The van der Waals surface area contributed by atoms with Crippen LogP contribution in [0.1, 0.15) is 24.5 Å². The SMILES string of the molecule is CCN1CCC1CNc1ccncc1C(=N)c1ccc(Oc2ccccc2)cc1. The van der Waals surface area contributed by atoms with Gasteiger partial charge in [0.1, 0.15) is 11.5 Å². The first-order valence-corrected chi connectivity index (χ1v) is 10.1. The van der Waals surface area contributed by atoms with E-state index in [-0.39, 0.29) is 0 Å². The summed E-state index contributed by atoms with van der Waals surface area (Å²) < 4.78 is 5.85. The molecule has 1 aromatic heterocycles. The molecule has 4 rings (SSSR count). The molecule has 0 bridgehead atoms. The number of likely N-dealkylation sites (tertiary alicyclic amines) is 1. The Bertz CT molecular complexity index is 954. The second kappa shape index (κ2) is 8.88. The molecule has 1 aliphatic heterocycles. The number of nitrogens with zero attached hydrogens (tertiary/aromatic N) is 2. The van der Waals surface area contributed by atoms with Crippen molar-refractivity contribution >= 4 is 11.4 Å². The van der Waals surface area contributed by atoms with Gasteiger partial charge in [-0.15, -0.1) is 0 Å². The van der Waals surface area contributed by atoms with Crippen LogP contribution < -0.4 is 10.1 Å². The minimum Gasteiger partial charge on any atom is -0.457 e. The van der Waals surface area contributed by atoms with E-state index in [1.165, 1.54) is 13.0 Å². The van der Waals surface area contributed by atoms with Gasteiger partial charge >= 0.3 is 0 Å². The number of aromatic nitrogens is 1. The van der Waals surface area contributed by atoms with E-state index in [2.05, 4.69) is 22.1 Å². The first-order chi connectivity index (χ1) is 14.2. The smallest absolute Gasteiger partial charge is 0.127 e. The molecule has 5 heteroatoms. The van der Waals surface area contributed by atoms with Crippen LogP contribution in [-0.4, -0.2) is 41.3 Å². The van der Waals surface area contributed by atoms with Gasteiger partial charge in [-0.1, -0.05) is 25.1 Å². The standard InChI is InChI=1S/C24H26N4O/c1-2-28-15-13-19(28)16-27-23-12-14-26-17-22(23)24(25)18-8-10-21(11-9-18)29-20-6-4-3-5-7-20/h3-12,14,17,19,25H,2,13,15-16H2,1H3,(H,26,27). The van der Waals surface area contributed by atoms with Crippen LogP contribution >= 0.6 is 0 Å². The Morgan fingerprint density at radius 1 is 1.10 bits per heavy atom. The summed E-state index contributed by atoms with van der Waals surface area (Å²) in [5.41, 5.74) is 3.05. The molecule has 3 aromatic rings. The number of para-hydroxylation sites is 1. The lowest BCUT2D eigenvalue weighted by Gasteiger charge is -2.40. The highest BCUT2D eigenvalue weighted by Gasteiger charge is 2.26. The minimum atomic E-state index is 0.452. The quantitative estimate of drug-likeness (QED) is 0.546. The number of rotatable bonds is 8. The zero-order valence-electron chi connectivity index (χ0n) is 16.6. The Labute approximate surface area is 171 Å². The summed E-state index contributed by atoms with van der Waals surface area (Å²) in [5, 5.41) is 12.2. The largest absolute Gasteiger partial charge is 0.457 e. The molecule has 29 heavy (non-hydrogen) atoms. The number of hydrogen-bond acceptors (Lipinski definition) is 5. The third kappa shape index (κ3) is 4.46. The Hall–Kier alpha value is -3.18. The third-order valence-corrected chi connectivity index (χ3v) is 5.41. The molecule has 1 fully saturated rings. The fourth-order valence-corrected chi connectivity index (χ4v) is 3.59. The van der Waals surface area contributed by atoms with Gasteiger partial charge in [0.25, 0.3) is 0 Å². The average molecular weight is 386 g/mol. The molecule has 5 nitrogen and oxygen atoms in total. The van der Waals surface area contributed by atoms with Crippen molar-refractivity contribution in [2.45, 2.75) is 19.4 Å². The first kappa shape index (κ1) is 19.2. The summed E-state index contributed by atoms with van der Waals surface area (Å²) in [7, 11) is 0. The molecule has 0 aliphatic carbocycles. The van der Waals surface area contributed by atoms with Crippen LogP contribution in [0.3, 0.4) is 0 Å². The molecule has 2 heterocycles. The van der Waals surface area contributed by atoms with Gasteiger partial charge in [-0.2, -0.15) is 0 Å². The van der Waals surface area contributed by atoms with Gasteiger partial charge < -0.3 is 10.1 Å². The number of nitrogens with one attached hydrogen (secondary N) is 2. The summed E-state index contributed by atoms with van der Waals surface area (Å²) in [6.07, 6.45) is 4.76. The molecule has 1 atom stereocenters. The summed E-state index contributed by atoms with van der Waals surface area (Å²) in [6.45, 7) is 5.36. The van der Waals surface area contributed by atoms with Gasteiger partial charge in [0, 0.05) is 48.3 Å². The van der Waals surface area contributed by atoms with E-state index < -0.39 is 0 Å². The summed E-state index contributed by atoms with van der Waals surface area (Å²) in [4.78, 5) is 6.70. The minimum absolute atomic E-state index is 0.452. The van der Waals surface area contributed by atoms with Crippen molar-refractivity contribution < 1.29 is 4.74 Å². The van der Waals surface area contributed by atoms with Crippen molar-refractivity contribution in [3.63, 3.8) is 0 Å². The van der Waals surface area contributed by atoms with E-state index in [0.29, 0.717) is 11.8 Å². The molecule has 2 N–H and O–H groups in total. The Morgan fingerprint density at radius 2 is 1.86 bits per heavy atom. The van der Waals surface area contributed by atoms with Gasteiger partial charge in [-0.25, -0.2) is 0 Å². The van der Waals surface area contributed by atoms with E-state index in [4.69, 9.17) is 10.1 Å². The highest BCUT2D eigenvalue weighted by molar-refractivity contribution is 6.13. The highest BCUT2D eigenvalue weighted by Crippen LogP contribution is 2.24. The second-order valence-corrected chi connectivity index (χ2v) is 7.19. The summed E-state index contributed by atoms with van der Waals surface area (Å²) in [5.74, 6) is 1.55. The molecule has 1 unspecified atom stereocenters. The number of anilines is 1. The van der Waals surface area contributed by atoms with Crippen LogP contribution in [0.4, 0.5) is 5.69 Å². The van der Waals surface area contributed by atoms with Crippen LogP contribution in [0, 0.1) is 5.41 Å². The zero-order valence-corrected chi connectivity index (χ0v) is 16.6. The molecule has 2 aromatic carbocycles. The number of hydrogen-bond donors (Lipinski definition) is 2. The lowest BCUT2D eigenvalue weighted by molar-refractivity contribution is 0.108. The average Bonchev–Trinajstić information content (AvgIpc) is 2.75. The maximum Gasteiger partial charge on any atom is 0.127 e. The van der Waals surface area contributed by atoms with Crippen molar-refractivity contribution in [1.29, 1.82) is 5.41 Å². The Kier molecular flexibility index (Phi) is 5.86. The molecule has 0 spiro atoms. The lowest BCUT2D eigenvalue weighted by atomic mass is 10.0. The van der Waals surface area contributed by atoms with Crippen LogP contribution in [-0.2, 0) is 0 Å². The fraction of sp³-hybridized carbons (Fsp3) is 0.250. The fourth-order valence-electron chi connectivity index (χ4n) is 3.59. The molecular formula is C24H26N4O. The molecule has 1 saturated heterocycles. The normalized spacial score (nSPS) is 16.1.